The van der Waals surface area contributed by atoms with Crippen LogP contribution in [0.15, 0.2) is 24.3 Å². The first-order valence-electron chi connectivity index (χ1n) is 7.04. The average Bonchev–Trinajstić information content (AvgIpc) is 2.37. The molecule has 1 aromatic carbocycles. The van der Waals surface area contributed by atoms with E-state index in [2.05, 4.69) is 45.7 Å². The predicted octanol–water partition coefficient (Wildman–Crippen LogP) is 3.75. The summed E-state index contributed by atoms with van der Waals surface area (Å²) in [6.07, 6.45) is 0.703. The molecule has 0 fully saturated rings. The molecule has 20 heavy (non-hydrogen) atoms. The summed E-state index contributed by atoms with van der Waals surface area (Å²) in [6.45, 7) is 11.7. The molecule has 0 saturated carbocycles. The van der Waals surface area contributed by atoms with Crippen molar-refractivity contribution in [2.75, 3.05) is 6.61 Å². The van der Waals surface area contributed by atoms with E-state index in [0.29, 0.717) is 13.0 Å². The molecule has 3 heteroatoms. The maximum atomic E-state index is 9.09. The average molecular weight is 290 g/mol. The molecule has 0 bridgehead atoms. The van der Waals surface area contributed by atoms with Crippen LogP contribution in [0.3, 0.4) is 0 Å². The van der Waals surface area contributed by atoms with Crippen LogP contribution in [0.1, 0.15) is 31.9 Å². The molecule has 0 saturated heterocycles. The Morgan fingerprint density at radius 3 is 2.40 bits per heavy atom. The van der Waals surface area contributed by atoms with Gasteiger partial charge in [-0.15, -0.1) is 0 Å². The normalized spacial score (nSPS) is 11.9. The lowest BCUT2D eigenvalue weighted by Gasteiger charge is -2.35. The molecular formula is C17H26O2Si. The lowest BCUT2D eigenvalue weighted by atomic mass is 10.1. The zero-order valence-corrected chi connectivity index (χ0v) is 14.3. The second kappa shape index (κ2) is 7.08. The first-order chi connectivity index (χ1) is 9.26. The summed E-state index contributed by atoms with van der Waals surface area (Å²) < 4.78 is 6.00. The van der Waals surface area contributed by atoms with Crippen molar-refractivity contribution in [2.24, 2.45) is 0 Å². The second-order valence-corrected chi connectivity index (χ2v) is 11.4. The van der Waals surface area contributed by atoms with Crippen molar-refractivity contribution >= 4 is 8.32 Å². The van der Waals surface area contributed by atoms with Gasteiger partial charge >= 0.3 is 0 Å². The Morgan fingerprint density at radius 2 is 1.80 bits per heavy atom. The minimum Gasteiger partial charge on any atom is -0.406 e. The van der Waals surface area contributed by atoms with Crippen LogP contribution in [0.2, 0.25) is 18.1 Å². The Balaban J connectivity index is 2.48. The van der Waals surface area contributed by atoms with Crippen LogP contribution in [-0.2, 0) is 17.5 Å². The van der Waals surface area contributed by atoms with Gasteiger partial charge in [0.25, 0.3) is 0 Å². The minimum atomic E-state index is -1.68. The molecule has 0 atom stereocenters. The highest BCUT2D eigenvalue weighted by atomic mass is 28.4. The number of hydrogen-bond acceptors (Lipinski definition) is 2. The van der Waals surface area contributed by atoms with Crippen LogP contribution in [-0.4, -0.2) is 20.0 Å². The Bertz CT molecular complexity index is 490. The largest absolute Gasteiger partial charge is 0.406 e. The number of rotatable bonds is 4. The maximum Gasteiger partial charge on any atom is 0.193 e. The molecule has 1 N–H and O–H groups in total. The van der Waals surface area contributed by atoms with E-state index in [9.17, 15) is 0 Å². The first-order valence-corrected chi connectivity index (χ1v) is 9.95. The Kier molecular flexibility index (Phi) is 6.00. The Morgan fingerprint density at radius 1 is 1.15 bits per heavy atom. The van der Waals surface area contributed by atoms with Crippen LogP contribution in [0, 0.1) is 11.8 Å². The van der Waals surface area contributed by atoms with Gasteiger partial charge in [0.1, 0.15) is 0 Å². The van der Waals surface area contributed by atoms with Crippen LogP contribution in [0.25, 0.3) is 0 Å². The molecule has 0 radical (unpaired) electrons. The highest BCUT2D eigenvalue weighted by Crippen LogP contribution is 2.36. The zero-order valence-electron chi connectivity index (χ0n) is 13.3. The van der Waals surface area contributed by atoms with E-state index in [4.69, 9.17) is 9.53 Å². The van der Waals surface area contributed by atoms with E-state index in [0.717, 1.165) is 11.1 Å². The van der Waals surface area contributed by atoms with Gasteiger partial charge in [0.05, 0.1) is 13.2 Å². The van der Waals surface area contributed by atoms with Gasteiger partial charge in [-0.3, -0.25) is 0 Å². The summed E-state index contributed by atoms with van der Waals surface area (Å²) in [6, 6.07) is 7.89. The maximum absolute atomic E-state index is 9.09. The van der Waals surface area contributed by atoms with E-state index < -0.39 is 8.32 Å². The lowest BCUT2D eigenvalue weighted by molar-refractivity contribution is 0.282. The molecule has 110 valence electrons. The third-order valence-electron chi connectivity index (χ3n) is 3.90. The van der Waals surface area contributed by atoms with Crippen molar-refractivity contribution in [3.8, 4) is 11.8 Å². The van der Waals surface area contributed by atoms with E-state index in [-0.39, 0.29) is 11.6 Å². The van der Waals surface area contributed by atoms with Gasteiger partial charge in [-0.05, 0) is 29.3 Å². The highest BCUT2D eigenvalue weighted by Gasteiger charge is 2.36. The summed E-state index contributed by atoms with van der Waals surface area (Å²) in [4.78, 5) is 0. The van der Waals surface area contributed by atoms with Crippen LogP contribution in [0.4, 0.5) is 0 Å². The van der Waals surface area contributed by atoms with Crippen LogP contribution >= 0.6 is 0 Å². The monoisotopic (exact) mass is 290 g/mol. The van der Waals surface area contributed by atoms with Crippen LogP contribution in [0.5, 0.6) is 0 Å². The quantitative estimate of drug-likeness (QED) is 0.676. The topological polar surface area (TPSA) is 29.5 Å². The molecule has 2 nitrogen and oxygen atoms in total. The fourth-order valence-corrected chi connectivity index (χ4v) is 2.35. The molecule has 1 rings (SSSR count). The fraction of sp³-hybridized carbons (Fsp3) is 0.529. The summed E-state index contributed by atoms with van der Waals surface area (Å²) in [5, 5.41) is 9.31. The Labute approximate surface area is 124 Å². The standard InChI is InChI=1S/C17H26O2Si/c1-17(2,3)20(4,5)19-12-7-6-9-15-10-8-11-16(13-15)14-18/h8,10-11,13,18H,9,12,14H2,1-5H3. The molecule has 0 unspecified atom stereocenters. The van der Waals surface area contributed by atoms with E-state index in [1.165, 1.54) is 0 Å². The van der Waals surface area contributed by atoms with Gasteiger partial charge in [0, 0.05) is 6.42 Å². The molecule has 0 amide bonds. The predicted molar refractivity (Wildman–Crippen MR) is 87.0 cm³/mol. The fourth-order valence-electron chi connectivity index (χ4n) is 1.49. The molecule has 0 aliphatic heterocycles. The van der Waals surface area contributed by atoms with Crippen molar-refractivity contribution in [3.63, 3.8) is 0 Å². The molecule has 0 aliphatic carbocycles. The highest BCUT2D eigenvalue weighted by molar-refractivity contribution is 6.74. The second-order valence-electron chi connectivity index (χ2n) is 6.56. The third kappa shape index (κ3) is 5.13. The first kappa shape index (κ1) is 17.0. The van der Waals surface area contributed by atoms with Crippen molar-refractivity contribution < 1.29 is 9.53 Å². The van der Waals surface area contributed by atoms with Gasteiger partial charge in [0.2, 0.25) is 0 Å². The third-order valence-corrected chi connectivity index (χ3v) is 8.38. The summed E-state index contributed by atoms with van der Waals surface area (Å²) in [5.74, 6) is 6.24. The van der Waals surface area contributed by atoms with Crippen LogP contribution < -0.4 is 0 Å². The van der Waals surface area contributed by atoms with E-state index in [1.54, 1.807) is 0 Å². The van der Waals surface area contributed by atoms with E-state index in [1.807, 2.05) is 24.3 Å². The van der Waals surface area contributed by atoms with Crippen molar-refractivity contribution in [3.05, 3.63) is 35.4 Å². The zero-order chi connectivity index (χ0) is 15.2. The van der Waals surface area contributed by atoms with Crippen molar-refractivity contribution in [2.45, 2.75) is 51.9 Å². The van der Waals surface area contributed by atoms with Crippen molar-refractivity contribution in [1.29, 1.82) is 0 Å². The van der Waals surface area contributed by atoms with Gasteiger partial charge in [-0.25, -0.2) is 0 Å². The van der Waals surface area contributed by atoms with Crippen molar-refractivity contribution in [1.82, 2.24) is 0 Å². The summed E-state index contributed by atoms with van der Waals surface area (Å²) in [5.41, 5.74) is 2.07. The molecule has 0 heterocycles. The summed E-state index contributed by atoms with van der Waals surface area (Å²) >= 11 is 0. The Hall–Kier alpha value is -1.08. The number of benzene rings is 1. The smallest absolute Gasteiger partial charge is 0.193 e. The van der Waals surface area contributed by atoms with Gasteiger partial charge in [-0.2, -0.15) is 0 Å². The van der Waals surface area contributed by atoms with Gasteiger partial charge in [-0.1, -0.05) is 56.9 Å². The number of hydrogen-bond donors (Lipinski definition) is 1. The van der Waals surface area contributed by atoms with E-state index >= 15 is 0 Å². The van der Waals surface area contributed by atoms with Gasteiger partial charge in [0.15, 0.2) is 8.32 Å². The summed E-state index contributed by atoms with van der Waals surface area (Å²) in [7, 11) is -1.68. The minimum absolute atomic E-state index is 0.0791. The number of aliphatic hydroxyl groups is 1. The lowest BCUT2D eigenvalue weighted by Crippen LogP contribution is -2.40. The SMILES string of the molecule is CC(C)(C)[Si](C)(C)OCC#CCc1cccc(CO)c1. The van der Waals surface area contributed by atoms with Gasteiger partial charge < -0.3 is 9.53 Å². The molecule has 1 aromatic rings. The molecule has 0 aromatic heterocycles. The molecular weight excluding hydrogens is 264 g/mol. The molecule has 0 spiro atoms. The number of aliphatic hydroxyl groups excluding tert-OH is 1. The molecule has 0 aliphatic rings.